The minimum Gasteiger partial charge on any atom is -0.492 e. The number of nitrogens with two attached hydrogens (primary N) is 1. The Labute approximate surface area is 161 Å². The predicted octanol–water partition coefficient (Wildman–Crippen LogP) is 2.71. The highest BCUT2D eigenvalue weighted by atomic mass is 16.5. The summed E-state index contributed by atoms with van der Waals surface area (Å²) >= 11 is 0. The Balaban J connectivity index is 1.68. The van der Waals surface area contributed by atoms with Crippen molar-refractivity contribution in [2.45, 2.75) is 12.5 Å². The number of fused-ring (bicyclic) bond motifs is 1. The van der Waals surface area contributed by atoms with Crippen molar-refractivity contribution in [3.63, 3.8) is 0 Å². The maximum absolute atomic E-state index is 12.0. The van der Waals surface area contributed by atoms with E-state index in [2.05, 4.69) is 9.97 Å². The molecule has 7 heteroatoms. The van der Waals surface area contributed by atoms with E-state index in [-0.39, 0.29) is 5.78 Å². The molecule has 1 atom stereocenters. The summed E-state index contributed by atoms with van der Waals surface area (Å²) in [4.78, 5) is 31.6. The molecule has 0 fully saturated rings. The molecule has 2 heterocycles. The largest absolute Gasteiger partial charge is 0.492 e. The van der Waals surface area contributed by atoms with Gasteiger partial charge in [-0.1, -0.05) is 12.1 Å². The van der Waals surface area contributed by atoms with E-state index in [0.717, 1.165) is 5.56 Å². The monoisotopic (exact) mass is 375 g/mol. The van der Waals surface area contributed by atoms with Gasteiger partial charge in [-0.3, -0.25) is 9.59 Å². The lowest BCUT2D eigenvalue weighted by Gasteiger charge is -2.21. The molecule has 1 aromatic heterocycles. The van der Waals surface area contributed by atoms with E-state index in [1.54, 1.807) is 54.7 Å². The number of carbonyl (C=O) groups excluding carboxylic acids is 2. The van der Waals surface area contributed by atoms with Gasteiger partial charge >= 0.3 is 0 Å². The second-order valence-corrected chi connectivity index (χ2v) is 6.30. The number of amides is 1. The number of hydrogen-bond donors (Lipinski definition) is 1. The Hall–Kier alpha value is -3.74. The fraction of sp³-hybridized carbons (Fsp3) is 0.143. The van der Waals surface area contributed by atoms with Gasteiger partial charge in [0.05, 0.1) is 17.9 Å². The normalized spacial score (nSPS) is 13.9. The second-order valence-electron chi connectivity index (χ2n) is 6.30. The maximum Gasteiger partial charge on any atom is 0.248 e. The minimum atomic E-state index is -0.540. The van der Waals surface area contributed by atoms with E-state index in [0.29, 0.717) is 41.3 Å². The van der Waals surface area contributed by atoms with E-state index in [4.69, 9.17) is 15.2 Å². The molecule has 0 spiro atoms. The molecule has 140 valence electrons. The molecule has 0 saturated heterocycles. The van der Waals surface area contributed by atoms with Gasteiger partial charge in [0.1, 0.15) is 17.8 Å². The van der Waals surface area contributed by atoms with Gasteiger partial charge in [-0.25, -0.2) is 9.97 Å². The zero-order chi connectivity index (χ0) is 19.5. The van der Waals surface area contributed by atoms with Crippen LogP contribution in [-0.2, 0) is 0 Å². The third-order valence-electron chi connectivity index (χ3n) is 4.47. The molecular formula is C21H17N3O4. The van der Waals surface area contributed by atoms with Gasteiger partial charge in [-0.05, 0) is 35.9 Å². The summed E-state index contributed by atoms with van der Waals surface area (Å²) in [6, 6.07) is 13.7. The first-order chi connectivity index (χ1) is 13.6. The molecule has 1 aliphatic heterocycles. The number of hydrogen-bond acceptors (Lipinski definition) is 6. The summed E-state index contributed by atoms with van der Waals surface area (Å²) in [6.45, 7) is 0.360. The number of nitrogens with zero attached hydrogens (tertiary/aromatic N) is 2. The number of rotatable bonds is 5. The van der Waals surface area contributed by atoms with Crippen molar-refractivity contribution in [2.24, 2.45) is 5.73 Å². The average molecular weight is 375 g/mol. The van der Waals surface area contributed by atoms with Gasteiger partial charge in [-0.2, -0.15) is 0 Å². The van der Waals surface area contributed by atoms with Gasteiger partial charge in [0.15, 0.2) is 11.9 Å². The Kier molecular flexibility index (Phi) is 4.72. The van der Waals surface area contributed by atoms with Crippen molar-refractivity contribution in [1.29, 1.82) is 0 Å². The van der Waals surface area contributed by atoms with Crippen LogP contribution < -0.4 is 15.2 Å². The molecule has 28 heavy (non-hydrogen) atoms. The minimum absolute atomic E-state index is 0.0576. The van der Waals surface area contributed by atoms with E-state index in [1.807, 2.05) is 0 Å². The van der Waals surface area contributed by atoms with E-state index in [1.165, 1.54) is 6.33 Å². The van der Waals surface area contributed by atoms with Crippen LogP contribution >= 0.6 is 0 Å². The van der Waals surface area contributed by atoms with Gasteiger partial charge in [0, 0.05) is 24.2 Å². The number of Topliss-reactive ketones (excluding diaryl/α,β-unsaturated/α-hetero) is 1. The molecule has 0 radical (unpaired) electrons. The molecule has 2 N–H and O–H groups in total. The van der Waals surface area contributed by atoms with Gasteiger partial charge in [-0.15, -0.1) is 0 Å². The highest BCUT2D eigenvalue weighted by Gasteiger charge is 2.22. The van der Waals surface area contributed by atoms with Crippen molar-refractivity contribution in [2.75, 3.05) is 6.61 Å². The Morgan fingerprint density at radius 2 is 1.96 bits per heavy atom. The zero-order valence-corrected chi connectivity index (χ0v) is 14.9. The van der Waals surface area contributed by atoms with Crippen LogP contribution in [0.15, 0.2) is 61.1 Å². The van der Waals surface area contributed by atoms with E-state index < -0.39 is 12.0 Å². The molecule has 3 aromatic rings. The predicted molar refractivity (Wildman–Crippen MR) is 100 cm³/mol. The lowest BCUT2D eigenvalue weighted by Crippen LogP contribution is -2.16. The van der Waals surface area contributed by atoms with Gasteiger partial charge in [0.2, 0.25) is 5.91 Å². The number of ketones is 1. The summed E-state index contributed by atoms with van der Waals surface area (Å²) in [5, 5.41) is 0. The molecule has 2 aromatic carbocycles. The lowest BCUT2D eigenvalue weighted by molar-refractivity contribution is 0.0932. The molecule has 0 saturated carbocycles. The second kappa shape index (κ2) is 7.48. The third kappa shape index (κ3) is 3.55. The fourth-order valence-corrected chi connectivity index (χ4v) is 3.03. The average Bonchev–Trinajstić information content (AvgIpc) is 2.73. The third-order valence-corrected chi connectivity index (χ3v) is 4.47. The number of benzene rings is 2. The van der Waals surface area contributed by atoms with E-state index in [9.17, 15) is 9.59 Å². The molecule has 1 aliphatic rings. The molecule has 4 rings (SSSR count). The van der Waals surface area contributed by atoms with Crippen molar-refractivity contribution in [1.82, 2.24) is 9.97 Å². The van der Waals surface area contributed by atoms with Crippen LogP contribution in [0.25, 0.3) is 0 Å². The van der Waals surface area contributed by atoms with Crippen LogP contribution in [0, 0.1) is 0 Å². The van der Waals surface area contributed by atoms with Crippen LogP contribution in [0.3, 0.4) is 0 Å². The van der Waals surface area contributed by atoms with Crippen LogP contribution in [0.2, 0.25) is 0 Å². The van der Waals surface area contributed by atoms with Gasteiger partial charge in [0.25, 0.3) is 0 Å². The maximum atomic E-state index is 12.0. The van der Waals surface area contributed by atoms with Gasteiger partial charge < -0.3 is 15.2 Å². The topological polar surface area (TPSA) is 104 Å². The summed E-state index contributed by atoms with van der Waals surface area (Å²) in [5.74, 6) is 0.611. The van der Waals surface area contributed by atoms with Crippen LogP contribution in [0.5, 0.6) is 11.5 Å². The SMILES string of the molecule is NC(=O)c1ccc([C@H](Oc2ccc3c(c2)OCCC3=O)c2ccncn2)cc1. The van der Waals surface area contributed by atoms with Crippen molar-refractivity contribution in [3.8, 4) is 11.5 Å². The van der Waals surface area contributed by atoms with Crippen molar-refractivity contribution in [3.05, 3.63) is 83.4 Å². The molecule has 0 bridgehead atoms. The summed E-state index contributed by atoms with van der Waals surface area (Å²) in [6.07, 6.45) is 2.91. The number of ether oxygens (including phenoxy) is 2. The Morgan fingerprint density at radius 1 is 1.14 bits per heavy atom. The molecular weight excluding hydrogens is 358 g/mol. The van der Waals surface area contributed by atoms with Crippen LogP contribution in [0.4, 0.5) is 0 Å². The summed E-state index contributed by atoms with van der Waals surface area (Å²) < 4.78 is 11.8. The number of primary amides is 1. The smallest absolute Gasteiger partial charge is 0.248 e. The summed E-state index contributed by atoms with van der Waals surface area (Å²) in [7, 11) is 0. The number of carbonyl (C=O) groups is 2. The highest BCUT2D eigenvalue weighted by molar-refractivity contribution is 5.99. The molecule has 0 unspecified atom stereocenters. The fourth-order valence-electron chi connectivity index (χ4n) is 3.03. The highest BCUT2D eigenvalue weighted by Crippen LogP contribution is 2.33. The van der Waals surface area contributed by atoms with Crippen LogP contribution in [-0.4, -0.2) is 28.3 Å². The first kappa shape index (κ1) is 17.7. The van der Waals surface area contributed by atoms with E-state index >= 15 is 0 Å². The molecule has 7 nitrogen and oxygen atoms in total. The summed E-state index contributed by atoms with van der Waals surface area (Å²) in [5.41, 5.74) is 7.72. The first-order valence-corrected chi connectivity index (χ1v) is 8.74. The molecule has 1 amide bonds. The van der Waals surface area contributed by atoms with Crippen molar-refractivity contribution < 1.29 is 19.1 Å². The number of aromatic nitrogens is 2. The first-order valence-electron chi connectivity index (χ1n) is 8.74. The Morgan fingerprint density at radius 3 is 2.68 bits per heavy atom. The van der Waals surface area contributed by atoms with Crippen LogP contribution in [0.1, 0.15) is 44.5 Å². The Bertz CT molecular complexity index is 1020. The van der Waals surface area contributed by atoms with Crippen molar-refractivity contribution >= 4 is 11.7 Å². The lowest BCUT2D eigenvalue weighted by atomic mass is 10.0. The zero-order valence-electron chi connectivity index (χ0n) is 14.9. The molecule has 0 aliphatic carbocycles. The quantitative estimate of drug-likeness (QED) is 0.735. The standard InChI is InChI=1S/C21H17N3O4/c22-21(26)14-3-1-13(2-4-14)20(17-7-9-23-12-24-17)28-15-5-6-16-18(25)8-10-27-19(16)11-15/h1-7,9,11-12,20H,8,10H2,(H2,22,26)/t20-/m0/s1.